The van der Waals surface area contributed by atoms with Crippen LogP contribution >= 0.6 is 11.8 Å². The molecule has 0 aliphatic heterocycles. The monoisotopic (exact) mass is 278 g/mol. The number of nitrogens with two attached hydrogens (primary N) is 1. The molecule has 0 heterocycles. The Morgan fingerprint density at radius 1 is 1.47 bits per heavy atom. The highest BCUT2D eigenvalue weighted by Gasteiger charge is 2.13. The summed E-state index contributed by atoms with van der Waals surface area (Å²) in [4.78, 5) is 11.7. The first-order valence-corrected chi connectivity index (χ1v) is 7.11. The lowest BCUT2D eigenvalue weighted by Gasteiger charge is -2.12. The lowest BCUT2D eigenvalue weighted by molar-refractivity contribution is -0.122. The van der Waals surface area contributed by atoms with Crippen LogP contribution in [0.1, 0.15) is 5.56 Å². The molecule has 5 heteroatoms. The van der Waals surface area contributed by atoms with E-state index in [0.29, 0.717) is 18.7 Å². The van der Waals surface area contributed by atoms with Crippen LogP contribution in [0.2, 0.25) is 0 Å². The van der Waals surface area contributed by atoms with Crippen molar-refractivity contribution in [3.05, 3.63) is 29.8 Å². The maximum Gasteiger partial charge on any atom is 0.237 e. The number of aromatic hydroxyl groups is 1. The van der Waals surface area contributed by atoms with Crippen molar-refractivity contribution < 1.29 is 9.90 Å². The Hall–Kier alpha value is -1.64. The number of hydrogen-bond donors (Lipinski definition) is 3. The molecule has 19 heavy (non-hydrogen) atoms. The zero-order valence-electron chi connectivity index (χ0n) is 10.6. The van der Waals surface area contributed by atoms with Gasteiger partial charge in [0.2, 0.25) is 5.91 Å². The number of nitrogens with one attached hydrogen (secondary N) is 1. The van der Waals surface area contributed by atoms with Crippen LogP contribution in [0.25, 0.3) is 0 Å². The second kappa shape index (κ2) is 8.46. The van der Waals surface area contributed by atoms with Crippen molar-refractivity contribution in [1.82, 2.24) is 5.32 Å². The number of carbonyl (C=O) groups is 1. The number of thioether (sulfide) groups is 1. The second-order valence-corrected chi connectivity index (χ2v) is 5.13. The van der Waals surface area contributed by atoms with Crippen molar-refractivity contribution in [2.24, 2.45) is 5.73 Å². The molecule has 0 aliphatic rings. The van der Waals surface area contributed by atoms with Crippen LogP contribution in [0.15, 0.2) is 24.3 Å². The topological polar surface area (TPSA) is 75.4 Å². The van der Waals surface area contributed by atoms with Gasteiger partial charge in [-0.3, -0.25) is 4.79 Å². The number of phenolic OH excluding ortho intramolecular Hbond substituents is 1. The Morgan fingerprint density at radius 2 is 2.16 bits per heavy atom. The number of carbonyl (C=O) groups excluding carboxylic acids is 1. The summed E-state index contributed by atoms with van der Waals surface area (Å²) in [5.41, 5.74) is 6.73. The summed E-state index contributed by atoms with van der Waals surface area (Å²) in [5, 5.41) is 11.9. The van der Waals surface area contributed by atoms with Gasteiger partial charge >= 0.3 is 0 Å². The Labute approximate surface area is 117 Å². The number of amides is 1. The molecule has 102 valence electrons. The van der Waals surface area contributed by atoms with Crippen molar-refractivity contribution in [2.45, 2.75) is 12.5 Å². The third kappa shape index (κ3) is 6.18. The summed E-state index contributed by atoms with van der Waals surface area (Å²) in [6.45, 7) is 0.564. The summed E-state index contributed by atoms with van der Waals surface area (Å²) in [5.74, 6) is 3.98. The van der Waals surface area contributed by atoms with E-state index in [1.165, 1.54) is 0 Å². The van der Waals surface area contributed by atoms with Gasteiger partial charge in [0.25, 0.3) is 0 Å². The van der Waals surface area contributed by atoms with Crippen molar-refractivity contribution in [3.8, 4) is 18.1 Å². The van der Waals surface area contributed by atoms with Gasteiger partial charge in [0, 0.05) is 12.3 Å². The van der Waals surface area contributed by atoms with Crippen LogP contribution in [0, 0.1) is 12.3 Å². The van der Waals surface area contributed by atoms with Crippen molar-refractivity contribution in [3.63, 3.8) is 0 Å². The number of phenols is 1. The molecule has 0 aromatic heterocycles. The third-order valence-electron chi connectivity index (χ3n) is 2.46. The zero-order valence-corrected chi connectivity index (χ0v) is 11.5. The van der Waals surface area contributed by atoms with E-state index in [2.05, 4.69) is 11.2 Å². The Morgan fingerprint density at radius 3 is 2.79 bits per heavy atom. The Kier molecular flexibility index (Phi) is 6.86. The molecular weight excluding hydrogens is 260 g/mol. The van der Waals surface area contributed by atoms with Crippen molar-refractivity contribution in [1.29, 1.82) is 0 Å². The van der Waals surface area contributed by atoms with Gasteiger partial charge in [0.1, 0.15) is 5.75 Å². The largest absolute Gasteiger partial charge is 0.508 e. The van der Waals surface area contributed by atoms with Gasteiger partial charge in [-0.25, -0.2) is 0 Å². The Bertz CT molecular complexity index is 440. The lowest BCUT2D eigenvalue weighted by atomic mass is 10.1. The summed E-state index contributed by atoms with van der Waals surface area (Å²) in [6, 6.07) is 6.09. The second-order valence-electron chi connectivity index (χ2n) is 4.02. The maximum absolute atomic E-state index is 11.7. The van der Waals surface area contributed by atoms with E-state index >= 15 is 0 Å². The van der Waals surface area contributed by atoms with Crippen LogP contribution in [0.3, 0.4) is 0 Å². The fraction of sp³-hybridized carbons (Fsp3) is 0.357. The first-order valence-electron chi connectivity index (χ1n) is 5.96. The molecule has 0 bridgehead atoms. The zero-order chi connectivity index (χ0) is 14.1. The minimum atomic E-state index is -0.581. The number of rotatable bonds is 7. The van der Waals surface area contributed by atoms with Gasteiger partial charge in [-0.2, -0.15) is 0 Å². The minimum Gasteiger partial charge on any atom is -0.508 e. The minimum absolute atomic E-state index is 0.172. The number of terminal acetylenes is 1. The van der Waals surface area contributed by atoms with Gasteiger partial charge in [0.15, 0.2) is 0 Å². The molecule has 1 amide bonds. The number of benzene rings is 1. The smallest absolute Gasteiger partial charge is 0.237 e. The molecule has 4 N–H and O–H groups in total. The molecule has 0 aliphatic carbocycles. The summed E-state index contributed by atoms with van der Waals surface area (Å²) >= 11 is 1.59. The van der Waals surface area contributed by atoms with Gasteiger partial charge < -0.3 is 16.2 Å². The fourth-order valence-electron chi connectivity index (χ4n) is 1.49. The average Bonchev–Trinajstić information content (AvgIpc) is 2.41. The molecule has 1 aromatic carbocycles. The van der Waals surface area contributed by atoms with Gasteiger partial charge in [-0.05, 0) is 24.1 Å². The molecule has 0 saturated carbocycles. The molecule has 1 rings (SSSR count). The maximum atomic E-state index is 11.7. The normalized spacial score (nSPS) is 11.6. The van der Waals surface area contributed by atoms with E-state index in [0.717, 1.165) is 11.3 Å². The first-order chi connectivity index (χ1) is 9.13. The van der Waals surface area contributed by atoms with E-state index in [9.17, 15) is 4.79 Å². The van der Waals surface area contributed by atoms with Gasteiger partial charge in [-0.1, -0.05) is 18.1 Å². The number of hydrogen-bond acceptors (Lipinski definition) is 4. The highest BCUT2D eigenvalue weighted by atomic mass is 32.2. The molecule has 0 fully saturated rings. The van der Waals surface area contributed by atoms with E-state index in [1.807, 2.05) is 0 Å². The standard InChI is InChI=1S/C14H18N2O2S/c1-2-8-19-9-7-16-14(18)13(15)10-11-3-5-12(17)6-4-11/h1,3-6,13,17H,7-10,15H2,(H,16,18)/t13-/m0/s1. The van der Waals surface area contributed by atoms with Gasteiger partial charge in [0.05, 0.1) is 11.8 Å². The van der Waals surface area contributed by atoms with Crippen LogP contribution in [-0.2, 0) is 11.2 Å². The van der Waals surface area contributed by atoms with Gasteiger partial charge in [-0.15, -0.1) is 18.2 Å². The van der Waals surface area contributed by atoms with Crippen LogP contribution in [-0.4, -0.2) is 35.1 Å². The molecule has 0 unspecified atom stereocenters. The summed E-state index contributed by atoms with van der Waals surface area (Å²) in [6.07, 6.45) is 5.57. The highest BCUT2D eigenvalue weighted by molar-refractivity contribution is 7.99. The SMILES string of the molecule is C#CCSCCNC(=O)[C@@H](N)Cc1ccc(O)cc1. The van der Waals surface area contributed by atoms with Crippen molar-refractivity contribution >= 4 is 17.7 Å². The quantitative estimate of drug-likeness (QED) is 0.508. The molecule has 1 atom stereocenters. The lowest BCUT2D eigenvalue weighted by Crippen LogP contribution is -2.42. The van der Waals surface area contributed by atoms with Crippen LogP contribution in [0.4, 0.5) is 0 Å². The van der Waals surface area contributed by atoms with E-state index < -0.39 is 6.04 Å². The van der Waals surface area contributed by atoms with E-state index in [1.54, 1.807) is 36.0 Å². The molecule has 4 nitrogen and oxygen atoms in total. The van der Waals surface area contributed by atoms with E-state index in [4.69, 9.17) is 17.3 Å². The fourth-order valence-corrected chi connectivity index (χ4v) is 2.00. The molecule has 0 radical (unpaired) electrons. The first kappa shape index (κ1) is 15.4. The predicted octanol–water partition coefficient (Wildman–Crippen LogP) is 0.745. The summed E-state index contributed by atoms with van der Waals surface area (Å²) in [7, 11) is 0. The highest BCUT2D eigenvalue weighted by Crippen LogP contribution is 2.10. The van der Waals surface area contributed by atoms with Crippen LogP contribution < -0.4 is 11.1 Å². The molecule has 0 spiro atoms. The molecular formula is C14H18N2O2S. The van der Waals surface area contributed by atoms with Crippen molar-refractivity contribution in [2.75, 3.05) is 18.1 Å². The molecule has 1 aromatic rings. The molecule has 0 saturated heterocycles. The third-order valence-corrected chi connectivity index (χ3v) is 3.32. The summed E-state index contributed by atoms with van der Waals surface area (Å²) < 4.78 is 0. The Balaban J connectivity index is 2.28. The average molecular weight is 278 g/mol. The predicted molar refractivity (Wildman–Crippen MR) is 79.0 cm³/mol. The van der Waals surface area contributed by atoms with E-state index in [-0.39, 0.29) is 11.7 Å². The van der Waals surface area contributed by atoms with Crippen LogP contribution in [0.5, 0.6) is 5.75 Å².